The Morgan fingerprint density at radius 2 is 1.92 bits per heavy atom. The molecule has 0 aromatic heterocycles. The highest BCUT2D eigenvalue weighted by molar-refractivity contribution is 6.35. The van der Waals surface area contributed by atoms with Crippen molar-refractivity contribution < 1.29 is 4.79 Å². The summed E-state index contributed by atoms with van der Waals surface area (Å²) in [6.07, 6.45) is 1.73. The van der Waals surface area contributed by atoms with Crippen molar-refractivity contribution in [1.29, 1.82) is 0 Å². The van der Waals surface area contributed by atoms with Gasteiger partial charge in [0.25, 0.3) is 0 Å². The maximum atomic E-state index is 12.5. The number of hydrogen-bond donors (Lipinski definition) is 1. The van der Waals surface area contributed by atoms with Crippen LogP contribution in [0, 0.1) is 12.8 Å². The van der Waals surface area contributed by atoms with Crippen LogP contribution >= 0.6 is 23.2 Å². The first-order valence-electron chi connectivity index (χ1n) is 8.55. The van der Waals surface area contributed by atoms with Crippen molar-refractivity contribution in [3.8, 4) is 0 Å². The van der Waals surface area contributed by atoms with E-state index in [-0.39, 0.29) is 11.8 Å². The summed E-state index contributed by atoms with van der Waals surface area (Å²) < 4.78 is 0. The number of likely N-dealkylation sites (tertiary alicyclic amines) is 1. The summed E-state index contributed by atoms with van der Waals surface area (Å²) >= 11 is 12.2. The molecule has 2 aromatic carbocycles. The lowest BCUT2D eigenvalue weighted by Gasteiger charge is -2.31. The molecule has 1 fully saturated rings. The Labute approximate surface area is 158 Å². The second-order valence-corrected chi connectivity index (χ2v) is 7.49. The Balaban J connectivity index is 1.52. The van der Waals surface area contributed by atoms with E-state index in [1.807, 2.05) is 43.3 Å². The molecule has 0 aliphatic carbocycles. The third-order valence-electron chi connectivity index (χ3n) is 4.65. The number of amides is 1. The number of rotatable bonds is 4. The lowest BCUT2D eigenvalue weighted by atomic mass is 9.95. The number of carbonyl (C=O) groups excluding carboxylic acids is 1. The van der Waals surface area contributed by atoms with E-state index in [1.54, 1.807) is 6.07 Å². The Bertz CT molecular complexity index is 755. The molecule has 1 N–H and O–H groups in total. The summed E-state index contributed by atoms with van der Waals surface area (Å²) in [7, 11) is 0. The second-order valence-electron chi connectivity index (χ2n) is 6.64. The Kier molecular flexibility index (Phi) is 6.00. The Morgan fingerprint density at radius 3 is 2.60 bits per heavy atom. The molecule has 3 nitrogen and oxygen atoms in total. The van der Waals surface area contributed by atoms with E-state index in [1.165, 1.54) is 0 Å². The lowest BCUT2D eigenvalue weighted by Crippen LogP contribution is -2.37. The smallest absolute Gasteiger partial charge is 0.227 e. The van der Waals surface area contributed by atoms with Gasteiger partial charge in [-0.05, 0) is 68.2 Å². The van der Waals surface area contributed by atoms with E-state index < -0.39 is 0 Å². The molecule has 1 amide bonds. The minimum Gasteiger partial charge on any atom is -0.326 e. The molecule has 0 spiro atoms. The first-order valence-corrected chi connectivity index (χ1v) is 9.30. The third-order valence-corrected chi connectivity index (χ3v) is 5.24. The Morgan fingerprint density at radius 1 is 1.16 bits per heavy atom. The first-order chi connectivity index (χ1) is 12.0. The van der Waals surface area contributed by atoms with Gasteiger partial charge < -0.3 is 5.32 Å². The maximum Gasteiger partial charge on any atom is 0.227 e. The standard InChI is InChI=1S/C20H22Cl2N2O/c1-14-3-2-4-18(11-14)23-20(25)15-7-9-24(10-8-15)13-16-5-6-17(21)12-19(16)22/h2-6,11-12,15H,7-10,13H2,1H3,(H,23,25). The molecule has 3 rings (SSSR count). The van der Waals surface area contributed by atoms with Crippen LogP contribution in [0.1, 0.15) is 24.0 Å². The van der Waals surface area contributed by atoms with E-state index in [0.717, 1.165) is 49.3 Å². The molecule has 0 atom stereocenters. The number of halogens is 2. The zero-order valence-electron chi connectivity index (χ0n) is 14.3. The molecule has 2 aromatic rings. The van der Waals surface area contributed by atoms with Crippen LogP contribution in [0.4, 0.5) is 5.69 Å². The van der Waals surface area contributed by atoms with Gasteiger partial charge in [0.1, 0.15) is 0 Å². The van der Waals surface area contributed by atoms with Crippen molar-refractivity contribution in [2.75, 3.05) is 18.4 Å². The van der Waals surface area contributed by atoms with E-state index in [4.69, 9.17) is 23.2 Å². The molecule has 0 radical (unpaired) electrons. The molecule has 1 saturated heterocycles. The van der Waals surface area contributed by atoms with Crippen molar-refractivity contribution in [1.82, 2.24) is 4.90 Å². The Hall–Kier alpha value is -1.55. The molecule has 5 heteroatoms. The van der Waals surface area contributed by atoms with Crippen molar-refractivity contribution in [2.45, 2.75) is 26.3 Å². The van der Waals surface area contributed by atoms with Gasteiger partial charge in [-0.3, -0.25) is 9.69 Å². The highest BCUT2D eigenvalue weighted by Crippen LogP contribution is 2.25. The maximum absolute atomic E-state index is 12.5. The summed E-state index contributed by atoms with van der Waals surface area (Å²) in [6, 6.07) is 13.5. The van der Waals surface area contributed by atoms with E-state index in [2.05, 4.69) is 10.2 Å². The number of carbonyl (C=O) groups is 1. The third kappa shape index (κ3) is 4.97. The number of hydrogen-bond acceptors (Lipinski definition) is 2. The zero-order valence-corrected chi connectivity index (χ0v) is 15.8. The SMILES string of the molecule is Cc1cccc(NC(=O)C2CCN(Cc3ccc(Cl)cc3Cl)CC2)c1. The molecule has 132 valence electrons. The van der Waals surface area contributed by atoms with Crippen molar-refractivity contribution >= 4 is 34.8 Å². The van der Waals surface area contributed by atoms with E-state index in [9.17, 15) is 4.79 Å². The molecule has 0 saturated carbocycles. The van der Waals surface area contributed by atoms with Crippen LogP contribution in [0.25, 0.3) is 0 Å². The molecule has 1 aliphatic rings. The van der Waals surface area contributed by atoms with Crippen molar-refractivity contribution in [3.63, 3.8) is 0 Å². The van der Waals surface area contributed by atoms with Crippen molar-refractivity contribution in [2.24, 2.45) is 5.92 Å². The number of nitrogens with zero attached hydrogens (tertiary/aromatic N) is 1. The number of aryl methyl sites for hydroxylation is 1. The van der Waals surface area contributed by atoms with Crippen LogP contribution in [0.2, 0.25) is 10.0 Å². The highest BCUT2D eigenvalue weighted by atomic mass is 35.5. The molecule has 1 aliphatic heterocycles. The molecule has 1 heterocycles. The van der Waals surface area contributed by atoms with Crippen LogP contribution < -0.4 is 5.32 Å². The largest absolute Gasteiger partial charge is 0.326 e. The summed E-state index contributed by atoms with van der Waals surface area (Å²) in [6.45, 7) is 4.61. The van der Waals surface area contributed by atoms with Gasteiger partial charge >= 0.3 is 0 Å². The summed E-state index contributed by atoms with van der Waals surface area (Å²) in [5.41, 5.74) is 3.10. The average molecular weight is 377 g/mol. The normalized spacial score (nSPS) is 16.0. The quantitative estimate of drug-likeness (QED) is 0.799. The number of benzene rings is 2. The number of piperidine rings is 1. The zero-order chi connectivity index (χ0) is 17.8. The summed E-state index contributed by atoms with van der Waals surface area (Å²) in [5, 5.41) is 4.39. The fourth-order valence-corrected chi connectivity index (χ4v) is 3.68. The van der Waals surface area contributed by atoms with E-state index >= 15 is 0 Å². The van der Waals surface area contributed by atoms with E-state index in [0.29, 0.717) is 10.0 Å². The molecule has 0 bridgehead atoms. The molecular weight excluding hydrogens is 355 g/mol. The van der Waals surface area contributed by atoms with Gasteiger partial charge in [-0.1, -0.05) is 41.4 Å². The van der Waals surface area contributed by atoms with Crippen molar-refractivity contribution in [3.05, 3.63) is 63.6 Å². The molecular formula is C20H22Cl2N2O. The van der Waals surface area contributed by atoms with Gasteiger partial charge in [0.05, 0.1) is 0 Å². The predicted molar refractivity (Wildman–Crippen MR) is 104 cm³/mol. The minimum absolute atomic E-state index is 0.0671. The second kappa shape index (κ2) is 8.22. The monoisotopic (exact) mass is 376 g/mol. The van der Waals surface area contributed by atoms with Gasteiger partial charge in [-0.25, -0.2) is 0 Å². The fourth-order valence-electron chi connectivity index (χ4n) is 3.21. The molecule has 0 unspecified atom stereocenters. The van der Waals surface area contributed by atoms with Gasteiger partial charge in [0.2, 0.25) is 5.91 Å². The van der Waals surface area contributed by atoms with Crippen LogP contribution in [-0.4, -0.2) is 23.9 Å². The topological polar surface area (TPSA) is 32.3 Å². The summed E-state index contributed by atoms with van der Waals surface area (Å²) in [5.74, 6) is 0.187. The highest BCUT2D eigenvalue weighted by Gasteiger charge is 2.25. The summed E-state index contributed by atoms with van der Waals surface area (Å²) in [4.78, 5) is 14.8. The molecule has 25 heavy (non-hydrogen) atoms. The average Bonchev–Trinajstić information content (AvgIpc) is 2.58. The van der Waals surface area contributed by atoms with Crippen LogP contribution in [0.3, 0.4) is 0 Å². The van der Waals surface area contributed by atoms with Gasteiger partial charge in [-0.2, -0.15) is 0 Å². The van der Waals surface area contributed by atoms with Crippen LogP contribution in [0.5, 0.6) is 0 Å². The van der Waals surface area contributed by atoms with Gasteiger partial charge in [0, 0.05) is 28.2 Å². The van der Waals surface area contributed by atoms with Crippen LogP contribution in [0.15, 0.2) is 42.5 Å². The number of anilines is 1. The fraction of sp³-hybridized carbons (Fsp3) is 0.350. The first kappa shape index (κ1) is 18.2. The van der Waals surface area contributed by atoms with Gasteiger partial charge in [-0.15, -0.1) is 0 Å². The predicted octanol–water partition coefficient (Wildman–Crippen LogP) is 5.15. The van der Waals surface area contributed by atoms with Crippen LogP contribution in [-0.2, 0) is 11.3 Å². The number of nitrogens with one attached hydrogen (secondary N) is 1. The minimum atomic E-state index is 0.0671. The van der Waals surface area contributed by atoms with Gasteiger partial charge in [0.15, 0.2) is 0 Å². The lowest BCUT2D eigenvalue weighted by molar-refractivity contribution is -0.121.